The first-order valence-corrected chi connectivity index (χ1v) is 10.7. The predicted octanol–water partition coefficient (Wildman–Crippen LogP) is 5.54. The Balaban J connectivity index is 2.57. The van der Waals surface area contributed by atoms with Crippen LogP contribution in [-0.2, 0) is 0 Å². The third-order valence-electron chi connectivity index (χ3n) is 3.51. The molecule has 0 radical (unpaired) electrons. The summed E-state index contributed by atoms with van der Waals surface area (Å²) in [5.41, 5.74) is 2.61. The number of nitrogens with zero attached hydrogens (tertiary/aromatic N) is 2. The Morgan fingerprint density at radius 1 is 0.773 bits per heavy atom. The zero-order chi connectivity index (χ0) is 16.2. The second kappa shape index (κ2) is 12.0. The summed E-state index contributed by atoms with van der Waals surface area (Å²) in [5.74, 6) is 4.73. The van der Waals surface area contributed by atoms with E-state index in [2.05, 4.69) is 85.5 Å². The number of hydrogen-bond acceptors (Lipinski definition) is 4. The monoisotopic (exact) mass is 340 g/mol. The summed E-state index contributed by atoms with van der Waals surface area (Å²) in [7, 11) is 4.18. The number of thioether (sulfide) groups is 2. The van der Waals surface area contributed by atoms with E-state index in [1.807, 2.05) is 0 Å². The minimum atomic E-state index is 1.10. The summed E-state index contributed by atoms with van der Waals surface area (Å²) < 4.78 is 0. The molecule has 0 unspecified atom stereocenters. The Morgan fingerprint density at radius 3 is 1.64 bits per heavy atom. The average Bonchev–Trinajstić information content (AvgIpc) is 2.53. The summed E-state index contributed by atoms with van der Waals surface area (Å²) in [6.07, 6.45) is 5.22. The van der Waals surface area contributed by atoms with E-state index in [1.165, 1.54) is 48.6 Å². The van der Waals surface area contributed by atoms with Gasteiger partial charge < -0.3 is 9.80 Å². The Bertz CT molecular complexity index is 367. The predicted molar refractivity (Wildman–Crippen MR) is 108 cm³/mol. The van der Waals surface area contributed by atoms with Gasteiger partial charge in [0.25, 0.3) is 0 Å². The number of anilines is 2. The highest BCUT2D eigenvalue weighted by atomic mass is 32.2. The zero-order valence-corrected chi connectivity index (χ0v) is 16.3. The second-order valence-electron chi connectivity index (χ2n) is 5.73. The number of benzene rings is 1. The van der Waals surface area contributed by atoms with Crippen molar-refractivity contribution < 1.29 is 0 Å². The summed E-state index contributed by atoms with van der Waals surface area (Å²) in [6, 6.07) is 8.96. The molecule has 1 aromatic rings. The van der Waals surface area contributed by atoms with Gasteiger partial charge in [-0.15, -0.1) is 23.5 Å². The maximum atomic E-state index is 2.51. The van der Waals surface area contributed by atoms with Crippen LogP contribution in [-0.4, -0.2) is 37.4 Å². The Labute approximate surface area is 146 Å². The lowest BCUT2D eigenvalue weighted by molar-refractivity contribution is 0.892. The molecule has 4 heteroatoms. The van der Waals surface area contributed by atoms with Crippen molar-refractivity contribution in [1.29, 1.82) is 0 Å². The molecule has 0 spiro atoms. The number of unbranched alkanes of at least 4 members (excludes halogenated alkanes) is 2. The van der Waals surface area contributed by atoms with Crippen LogP contribution < -0.4 is 9.80 Å². The van der Waals surface area contributed by atoms with Gasteiger partial charge >= 0.3 is 0 Å². The summed E-state index contributed by atoms with van der Waals surface area (Å²) >= 11 is 4.11. The van der Waals surface area contributed by atoms with Gasteiger partial charge in [0.05, 0.1) is 11.8 Å². The highest BCUT2D eigenvalue weighted by molar-refractivity contribution is 8.00. The molecule has 0 heterocycles. The second-order valence-corrected chi connectivity index (χ2v) is 7.88. The number of rotatable bonds is 12. The highest BCUT2D eigenvalue weighted by Gasteiger charge is 2.07. The first-order chi connectivity index (χ1) is 10.7. The molecule has 0 bridgehead atoms. The van der Waals surface area contributed by atoms with Gasteiger partial charge in [-0.1, -0.05) is 26.7 Å². The van der Waals surface area contributed by atoms with E-state index in [0.717, 1.165) is 11.8 Å². The van der Waals surface area contributed by atoms with Gasteiger partial charge in [0.2, 0.25) is 0 Å². The molecule has 0 aliphatic rings. The molecule has 2 nitrogen and oxygen atoms in total. The molecule has 0 atom stereocenters. The molecule has 0 amide bonds. The molecule has 1 rings (SSSR count). The number of hydrogen-bond donors (Lipinski definition) is 0. The lowest BCUT2D eigenvalue weighted by Gasteiger charge is -2.25. The van der Waals surface area contributed by atoms with Crippen LogP contribution in [0.25, 0.3) is 0 Å². The summed E-state index contributed by atoms with van der Waals surface area (Å²) in [6.45, 7) is 4.53. The van der Waals surface area contributed by atoms with Crippen LogP contribution in [0.5, 0.6) is 0 Å². The van der Waals surface area contributed by atoms with Gasteiger partial charge in [-0.25, -0.2) is 0 Å². The molecule has 0 saturated carbocycles. The van der Waals surface area contributed by atoms with Gasteiger partial charge in [0.1, 0.15) is 0 Å². The maximum Gasteiger partial charge on any atom is 0.0648 e. The summed E-state index contributed by atoms with van der Waals surface area (Å²) in [5, 5.41) is 0. The lowest BCUT2D eigenvalue weighted by Crippen LogP contribution is -2.22. The van der Waals surface area contributed by atoms with Crippen molar-refractivity contribution in [3.05, 3.63) is 24.3 Å². The van der Waals surface area contributed by atoms with Crippen LogP contribution >= 0.6 is 23.5 Å². The van der Waals surface area contributed by atoms with Crippen molar-refractivity contribution in [1.82, 2.24) is 0 Å². The lowest BCUT2D eigenvalue weighted by atomic mass is 10.2. The van der Waals surface area contributed by atoms with E-state index >= 15 is 0 Å². The van der Waals surface area contributed by atoms with Crippen LogP contribution in [0.4, 0.5) is 11.4 Å². The Kier molecular flexibility index (Phi) is 10.7. The standard InChI is InChI=1S/C18H32N2S2/c1-5-7-13-21-15-20(16-22-14-8-6-2)18-11-9-17(10-12-18)19(3)4/h9-12H,5-8,13-16H2,1-4H3. The van der Waals surface area contributed by atoms with E-state index in [0.29, 0.717) is 0 Å². The molecule has 22 heavy (non-hydrogen) atoms. The SMILES string of the molecule is CCCCSCN(CSCCCC)c1ccc(N(C)C)cc1. The fourth-order valence-corrected chi connectivity index (χ4v) is 4.27. The molecular weight excluding hydrogens is 308 g/mol. The molecule has 0 aliphatic carbocycles. The largest absolute Gasteiger partial charge is 0.378 e. The van der Waals surface area contributed by atoms with E-state index < -0.39 is 0 Å². The molecule has 126 valence electrons. The van der Waals surface area contributed by atoms with Crippen molar-refractivity contribution >= 4 is 34.9 Å². The van der Waals surface area contributed by atoms with Gasteiger partial charge in [-0.05, 0) is 48.6 Å². The van der Waals surface area contributed by atoms with Crippen molar-refractivity contribution in [2.75, 3.05) is 47.2 Å². The maximum absolute atomic E-state index is 2.51. The highest BCUT2D eigenvalue weighted by Crippen LogP contribution is 2.24. The molecule has 0 aliphatic heterocycles. The molecule has 0 N–H and O–H groups in total. The quantitative estimate of drug-likeness (QED) is 0.364. The van der Waals surface area contributed by atoms with Crippen LogP contribution in [0.3, 0.4) is 0 Å². The van der Waals surface area contributed by atoms with Crippen LogP contribution in [0.15, 0.2) is 24.3 Å². The normalized spacial score (nSPS) is 10.7. The molecular formula is C18H32N2S2. The first kappa shape index (κ1) is 19.6. The van der Waals surface area contributed by atoms with E-state index in [1.54, 1.807) is 0 Å². The van der Waals surface area contributed by atoms with Crippen LogP contribution in [0.2, 0.25) is 0 Å². The van der Waals surface area contributed by atoms with E-state index in [4.69, 9.17) is 0 Å². The van der Waals surface area contributed by atoms with E-state index in [-0.39, 0.29) is 0 Å². The van der Waals surface area contributed by atoms with Crippen LogP contribution in [0, 0.1) is 0 Å². The Hall–Kier alpha value is -0.480. The molecule has 0 fully saturated rings. The van der Waals surface area contributed by atoms with Gasteiger partial charge in [0, 0.05) is 25.5 Å². The van der Waals surface area contributed by atoms with Gasteiger partial charge in [-0.2, -0.15) is 0 Å². The van der Waals surface area contributed by atoms with Gasteiger partial charge in [-0.3, -0.25) is 0 Å². The van der Waals surface area contributed by atoms with Crippen LogP contribution in [0.1, 0.15) is 39.5 Å². The smallest absolute Gasteiger partial charge is 0.0648 e. The fraction of sp³-hybridized carbons (Fsp3) is 0.667. The van der Waals surface area contributed by atoms with E-state index in [9.17, 15) is 0 Å². The zero-order valence-electron chi connectivity index (χ0n) is 14.7. The van der Waals surface area contributed by atoms with Crippen molar-refractivity contribution in [2.24, 2.45) is 0 Å². The molecule has 0 saturated heterocycles. The average molecular weight is 341 g/mol. The molecule has 0 aromatic heterocycles. The van der Waals surface area contributed by atoms with Crippen molar-refractivity contribution in [3.63, 3.8) is 0 Å². The van der Waals surface area contributed by atoms with Gasteiger partial charge in [0.15, 0.2) is 0 Å². The first-order valence-electron chi connectivity index (χ1n) is 8.36. The fourth-order valence-electron chi connectivity index (χ4n) is 1.99. The topological polar surface area (TPSA) is 6.48 Å². The van der Waals surface area contributed by atoms with Crippen molar-refractivity contribution in [2.45, 2.75) is 39.5 Å². The Morgan fingerprint density at radius 2 is 1.23 bits per heavy atom. The minimum Gasteiger partial charge on any atom is -0.378 e. The minimum absolute atomic E-state index is 1.10. The third-order valence-corrected chi connectivity index (χ3v) is 5.65. The molecule has 1 aromatic carbocycles. The van der Waals surface area contributed by atoms with Crippen molar-refractivity contribution in [3.8, 4) is 0 Å². The third kappa shape index (κ3) is 7.68. The summed E-state index contributed by atoms with van der Waals surface area (Å²) in [4.78, 5) is 4.67.